The number of hydrogen-bond donors (Lipinski definition) is 1. The van der Waals surface area contributed by atoms with Crippen molar-refractivity contribution >= 4 is 29.2 Å². The molecule has 1 N–H and O–H groups in total. The molecule has 0 saturated carbocycles. The van der Waals surface area contributed by atoms with Crippen LogP contribution in [-0.2, 0) is 4.74 Å². The van der Waals surface area contributed by atoms with Gasteiger partial charge < -0.3 is 10.1 Å². The van der Waals surface area contributed by atoms with Crippen LogP contribution in [0, 0.1) is 12.7 Å². The molecule has 3 rings (SSSR count). The summed E-state index contributed by atoms with van der Waals surface area (Å²) in [5.41, 5.74) is 3.05. The van der Waals surface area contributed by atoms with Gasteiger partial charge in [0.15, 0.2) is 0 Å². The quantitative estimate of drug-likeness (QED) is 0.648. The van der Waals surface area contributed by atoms with Gasteiger partial charge in [-0.05, 0) is 38.1 Å². The molecule has 2 aromatic heterocycles. The molecule has 0 aliphatic carbocycles. The highest BCUT2D eigenvalue weighted by Gasteiger charge is 2.12. The highest BCUT2D eigenvalue weighted by atomic mass is 35.5. The lowest BCUT2D eigenvalue weighted by atomic mass is 10.1. The number of benzene rings is 1. The molecule has 0 spiro atoms. The molecule has 0 saturated heterocycles. The second kappa shape index (κ2) is 8.09. The van der Waals surface area contributed by atoms with Crippen LogP contribution in [-0.4, -0.2) is 27.5 Å². The lowest BCUT2D eigenvalue weighted by Crippen LogP contribution is -2.05. The molecule has 0 amide bonds. The summed E-state index contributed by atoms with van der Waals surface area (Å²) in [6, 6.07) is 5.94. The van der Waals surface area contributed by atoms with Crippen molar-refractivity contribution in [1.29, 1.82) is 0 Å². The molecular weight excluding hydrogens is 371 g/mol. The van der Waals surface area contributed by atoms with E-state index in [-0.39, 0.29) is 5.02 Å². The molecule has 0 unspecified atom stereocenters. The number of carbonyl (C=O) groups excluding carboxylic acids is 1. The van der Waals surface area contributed by atoms with Crippen molar-refractivity contribution < 1.29 is 13.9 Å². The predicted octanol–water partition coefficient (Wildman–Crippen LogP) is 4.56. The minimum absolute atomic E-state index is 0.00944. The van der Waals surface area contributed by atoms with Gasteiger partial charge in [-0.1, -0.05) is 11.6 Å². The average molecular weight is 387 g/mol. The maximum Gasteiger partial charge on any atom is 0.339 e. The van der Waals surface area contributed by atoms with E-state index in [1.165, 1.54) is 18.3 Å². The van der Waals surface area contributed by atoms with Gasteiger partial charge in [0.2, 0.25) is 5.95 Å². The van der Waals surface area contributed by atoms with Gasteiger partial charge in [-0.3, -0.25) is 4.98 Å². The molecular formula is C19H16ClFN4O2. The first-order chi connectivity index (χ1) is 13.0. The van der Waals surface area contributed by atoms with E-state index in [4.69, 9.17) is 16.3 Å². The van der Waals surface area contributed by atoms with Gasteiger partial charge in [0, 0.05) is 35.4 Å². The molecule has 1 aromatic carbocycles. The zero-order valence-electron chi connectivity index (χ0n) is 14.7. The van der Waals surface area contributed by atoms with Gasteiger partial charge in [-0.25, -0.2) is 19.2 Å². The summed E-state index contributed by atoms with van der Waals surface area (Å²) in [6.07, 6.45) is 4.70. The Bertz CT molecular complexity index is 997. The zero-order chi connectivity index (χ0) is 19.4. The highest BCUT2D eigenvalue weighted by molar-refractivity contribution is 6.31. The number of aryl methyl sites for hydroxylation is 1. The van der Waals surface area contributed by atoms with Gasteiger partial charge in [0.25, 0.3) is 0 Å². The monoisotopic (exact) mass is 386 g/mol. The first kappa shape index (κ1) is 18.7. The van der Waals surface area contributed by atoms with Gasteiger partial charge in [0.1, 0.15) is 5.82 Å². The second-order valence-electron chi connectivity index (χ2n) is 5.63. The predicted molar refractivity (Wildman–Crippen MR) is 101 cm³/mol. The van der Waals surface area contributed by atoms with Crippen LogP contribution in [0.15, 0.2) is 42.9 Å². The molecule has 6 nitrogen and oxygen atoms in total. The van der Waals surface area contributed by atoms with Crippen LogP contribution in [0.5, 0.6) is 0 Å². The van der Waals surface area contributed by atoms with E-state index in [9.17, 15) is 9.18 Å². The molecule has 0 aliphatic rings. The van der Waals surface area contributed by atoms with Crippen molar-refractivity contribution in [1.82, 2.24) is 15.0 Å². The largest absolute Gasteiger partial charge is 0.462 e. The summed E-state index contributed by atoms with van der Waals surface area (Å²) in [4.78, 5) is 24.6. The Morgan fingerprint density at radius 2 is 2.07 bits per heavy atom. The molecule has 8 heteroatoms. The van der Waals surface area contributed by atoms with Crippen molar-refractivity contribution in [3.05, 3.63) is 65.0 Å². The Morgan fingerprint density at radius 1 is 1.26 bits per heavy atom. The molecule has 0 radical (unpaired) electrons. The summed E-state index contributed by atoms with van der Waals surface area (Å²) < 4.78 is 18.2. The summed E-state index contributed by atoms with van der Waals surface area (Å²) in [6.45, 7) is 3.85. The molecule has 0 atom stereocenters. The summed E-state index contributed by atoms with van der Waals surface area (Å²) in [7, 11) is 0. The molecule has 2 heterocycles. The van der Waals surface area contributed by atoms with Gasteiger partial charge in [-0.15, -0.1) is 0 Å². The van der Waals surface area contributed by atoms with Crippen molar-refractivity contribution in [3.63, 3.8) is 0 Å². The number of hydrogen-bond acceptors (Lipinski definition) is 6. The Hall–Kier alpha value is -3.06. The van der Waals surface area contributed by atoms with Crippen LogP contribution >= 0.6 is 11.6 Å². The number of carbonyl (C=O) groups is 1. The zero-order valence-corrected chi connectivity index (χ0v) is 15.4. The van der Waals surface area contributed by atoms with E-state index in [0.29, 0.717) is 35.1 Å². The normalized spacial score (nSPS) is 10.5. The van der Waals surface area contributed by atoms with E-state index in [0.717, 1.165) is 5.56 Å². The molecule has 138 valence electrons. The SMILES string of the molecule is CCOC(=O)c1cncc(-c2cnc(Nc3ccc(F)c(Cl)c3)nc2C)c1. The molecule has 27 heavy (non-hydrogen) atoms. The fourth-order valence-electron chi connectivity index (χ4n) is 2.43. The maximum atomic E-state index is 13.3. The number of pyridine rings is 1. The third-order valence-electron chi connectivity index (χ3n) is 3.72. The number of rotatable bonds is 5. The lowest BCUT2D eigenvalue weighted by molar-refractivity contribution is 0.0526. The topological polar surface area (TPSA) is 77.0 Å². The first-order valence-corrected chi connectivity index (χ1v) is 8.54. The van der Waals surface area contributed by atoms with Crippen LogP contribution in [0.2, 0.25) is 5.02 Å². The third-order valence-corrected chi connectivity index (χ3v) is 4.01. The Morgan fingerprint density at radius 3 is 2.78 bits per heavy atom. The average Bonchev–Trinajstić information content (AvgIpc) is 2.65. The standard InChI is InChI=1S/C19H16ClFN4O2/c1-3-27-18(26)13-6-12(8-22-9-13)15-10-23-19(24-11(15)2)25-14-4-5-17(21)16(20)7-14/h4-10H,3H2,1-2H3,(H,23,24,25). The molecule has 3 aromatic rings. The maximum absolute atomic E-state index is 13.3. The summed E-state index contributed by atoms with van der Waals surface area (Å²) in [5.74, 6) is -0.589. The number of ether oxygens (including phenoxy) is 1. The van der Waals surface area contributed by atoms with Crippen LogP contribution in [0.4, 0.5) is 16.0 Å². The van der Waals surface area contributed by atoms with Crippen LogP contribution < -0.4 is 5.32 Å². The fraction of sp³-hybridized carbons (Fsp3) is 0.158. The smallest absolute Gasteiger partial charge is 0.339 e. The highest BCUT2D eigenvalue weighted by Crippen LogP contribution is 2.25. The number of aromatic nitrogens is 3. The lowest BCUT2D eigenvalue weighted by Gasteiger charge is -2.10. The van der Waals surface area contributed by atoms with Crippen LogP contribution in [0.1, 0.15) is 23.0 Å². The van der Waals surface area contributed by atoms with Crippen LogP contribution in [0.25, 0.3) is 11.1 Å². The number of anilines is 2. The van der Waals surface area contributed by atoms with Crippen molar-refractivity contribution in [2.24, 2.45) is 0 Å². The third kappa shape index (κ3) is 4.38. The Balaban J connectivity index is 1.85. The van der Waals surface area contributed by atoms with Crippen molar-refractivity contribution in [2.75, 3.05) is 11.9 Å². The summed E-state index contributed by atoms with van der Waals surface area (Å²) in [5, 5.41) is 2.98. The summed E-state index contributed by atoms with van der Waals surface area (Å²) >= 11 is 5.78. The van der Waals surface area contributed by atoms with Crippen LogP contribution in [0.3, 0.4) is 0 Å². The fourth-order valence-corrected chi connectivity index (χ4v) is 2.61. The van der Waals surface area contributed by atoms with Gasteiger partial charge in [-0.2, -0.15) is 0 Å². The number of halogens is 2. The van der Waals surface area contributed by atoms with E-state index < -0.39 is 11.8 Å². The first-order valence-electron chi connectivity index (χ1n) is 8.16. The molecule has 0 fully saturated rings. The molecule has 0 bridgehead atoms. The Kier molecular flexibility index (Phi) is 5.61. The van der Waals surface area contributed by atoms with Crippen molar-refractivity contribution in [2.45, 2.75) is 13.8 Å². The van der Waals surface area contributed by atoms with E-state index in [2.05, 4.69) is 20.3 Å². The second-order valence-corrected chi connectivity index (χ2v) is 6.04. The minimum atomic E-state index is -0.497. The van der Waals surface area contributed by atoms with E-state index >= 15 is 0 Å². The van der Waals surface area contributed by atoms with Gasteiger partial charge >= 0.3 is 5.97 Å². The van der Waals surface area contributed by atoms with Crippen molar-refractivity contribution in [3.8, 4) is 11.1 Å². The minimum Gasteiger partial charge on any atom is -0.462 e. The van der Waals surface area contributed by atoms with Gasteiger partial charge in [0.05, 0.1) is 22.9 Å². The van der Waals surface area contributed by atoms with E-state index in [1.54, 1.807) is 31.5 Å². The number of esters is 1. The Labute approximate surface area is 160 Å². The number of nitrogens with zero attached hydrogens (tertiary/aromatic N) is 3. The number of nitrogens with one attached hydrogen (secondary N) is 1. The van der Waals surface area contributed by atoms with E-state index in [1.807, 2.05) is 6.92 Å². The molecule has 0 aliphatic heterocycles.